The Balaban J connectivity index is 0.00000144. The molecule has 1 fully saturated rings. The zero-order valence-corrected chi connectivity index (χ0v) is 13.3. The Bertz CT molecular complexity index is 400. The second-order valence-electron chi connectivity index (χ2n) is 4.23. The van der Waals surface area contributed by atoms with E-state index in [0.717, 1.165) is 23.2 Å². The molecule has 0 bridgehead atoms. The number of nitrogens with zero attached hydrogens (tertiary/aromatic N) is 1. The molecule has 1 atom stereocenters. The fraction of sp³-hybridized carbons (Fsp3) is 0.462. The predicted molar refractivity (Wildman–Crippen MR) is 62.7 cm³/mol. The fourth-order valence-corrected chi connectivity index (χ4v) is 1.97. The van der Waals surface area contributed by atoms with Crippen LogP contribution in [0.15, 0.2) is 12.1 Å². The van der Waals surface area contributed by atoms with E-state index in [4.69, 9.17) is 4.74 Å². The van der Waals surface area contributed by atoms with Crippen LogP contribution in [0.5, 0.6) is 0 Å². The second-order valence-corrected chi connectivity index (χ2v) is 4.23. The molecule has 1 heterocycles. The summed E-state index contributed by atoms with van der Waals surface area (Å²) in [4.78, 5) is 13.4. The summed E-state index contributed by atoms with van der Waals surface area (Å²) in [7, 11) is 0. The molecule has 1 aliphatic rings. The molecule has 0 aromatic heterocycles. The largest absolute Gasteiger partial charge is 3.00 e. The van der Waals surface area contributed by atoms with Crippen molar-refractivity contribution >= 4 is 11.8 Å². The average molecular weight is 307 g/mol. The molecular weight excluding hydrogens is 291 g/mol. The number of carbonyl (C=O) groups excluding carboxylic acids is 1. The molecule has 0 radical (unpaired) electrons. The van der Waals surface area contributed by atoms with Crippen molar-refractivity contribution in [1.29, 1.82) is 0 Å². The van der Waals surface area contributed by atoms with Gasteiger partial charge in [0.15, 0.2) is 0 Å². The first-order valence-corrected chi connectivity index (χ1v) is 5.59. The number of cyclic esters (lactones) is 1. The van der Waals surface area contributed by atoms with E-state index in [0.29, 0.717) is 6.54 Å². The van der Waals surface area contributed by atoms with Gasteiger partial charge in [-0.05, 0) is 6.42 Å². The number of benzene rings is 1. The van der Waals surface area contributed by atoms with Gasteiger partial charge in [-0.2, -0.15) is 17.2 Å². The van der Waals surface area contributed by atoms with Gasteiger partial charge in [0.05, 0.1) is 6.54 Å². The molecule has 1 aromatic carbocycles. The van der Waals surface area contributed by atoms with E-state index in [-0.39, 0.29) is 44.9 Å². The van der Waals surface area contributed by atoms with Gasteiger partial charge in [-0.3, -0.25) is 4.90 Å². The van der Waals surface area contributed by atoms with Gasteiger partial charge in [-0.25, -0.2) is 4.79 Å². The van der Waals surface area contributed by atoms with Crippen molar-refractivity contribution in [1.82, 2.24) is 0 Å². The van der Waals surface area contributed by atoms with Crippen molar-refractivity contribution in [3.8, 4) is 0 Å². The molecule has 1 aromatic rings. The molecule has 86 valence electrons. The fourth-order valence-electron chi connectivity index (χ4n) is 1.97. The predicted octanol–water partition coefficient (Wildman–Crippen LogP) is 2.84. The van der Waals surface area contributed by atoms with Gasteiger partial charge in [0, 0.05) is 0 Å². The van der Waals surface area contributed by atoms with Crippen LogP contribution in [-0.2, 0) is 37.4 Å². The van der Waals surface area contributed by atoms with E-state index >= 15 is 0 Å². The molecule has 1 amide bonds. The Morgan fingerprint density at radius 2 is 2.00 bits per heavy atom. The smallest absolute Gasteiger partial charge is 0.444 e. The minimum atomic E-state index is -0.239. The number of rotatable bonds is 2. The van der Waals surface area contributed by atoms with E-state index in [9.17, 15) is 4.79 Å². The normalized spacial score (nSPS) is 18.9. The molecule has 4 heteroatoms. The van der Waals surface area contributed by atoms with E-state index < -0.39 is 0 Å². The average Bonchev–Trinajstić information content (AvgIpc) is 2.58. The first-order chi connectivity index (χ1) is 7.60. The second kappa shape index (κ2) is 5.97. The molecule has 3 nitrogen and oxygen atoms in total. The number of aryl methyl sites for hydroxylation is 2. The number of ether oxygens (including phenoxy) is 1. The van der Waals surface area contributed by atoms with Crippen LogP contribution in [0.25, 0.3) is 0 Å². The summed E-state index contributed by atoms with van der Waals surface area (Å²) in [5.41, 5.74) is 3.00. The Labute approximate surface area is 127 Å². The monoisotopic (exact) mass is 307 g/mol. The van der Waals surface area contributed by atoms with Gasteiger partial charge in [0.2, 0.25) is 0 Å². The van der Waals surface area contributed by atoms with Gasteiger partial charge in [-0.15, -0.1) is 12.1 Å². The van der Waals surface area contributed by atoms with Gasteiger partial charge < -0.3 is 4.74 Å². The standard InChI is InChI=1S/C13H16NO2.Y/c1-4-12-8-14(13(15)16-12)11-6-9(2)5-10(3)7-11;/h6-7,12H,4,8H2,1-3H3;/q-1;+3. The zero-order valence-electron chi connectivity index (χ0n) is 10.5. The number of anilines is 1. The molecule has 0 aliphatic carbocycles. The minimum absolute atomic E-state index is 0. The number of hydrogen-bond acceptors (Lipinski definition) is 2. The van der Waals surface area contributed by atoms with Crippen molar-refractivity contribution in [2.45, 2.75) is 33.3 Å². The van der Waals surface area contributed by atoms with E-state index in [1.165, 1.54) is 0 Å². The first kappa shape index (κ1) is 14.7. The van der Waals surface area contributed by atoms with E-state index in [2.05, 4.69) is 6.07 Å². The van der Waals surface area contributed by atoms with Crippen molar-refractivity contribution < 1.29 is 42.2 Å². The Kier molecular flexibility index (Phi) is 5.14. The molecule has 0 N–H and O–H groups in total. The molecule has 17 heavy (non-hydrogen) atoms. The molecule has 1 aliphatic heterocycles. The molecular formula is C13H16NO2Y+2. The molecule has 1 unspecified atom stereocenters. The summed E-state index contributed by atoms with van der Waals surface area (Å²) in [6, 6.07) is 7.12. The van der Waals surface area contributed by atoms with Crippen LogP contribution < -0.4 is 4.90 Å². The minimum Gasteiger partial charge on any atom is -0.444 e. The summed E-state index contributed by atoms with van der Waals surface area (Å²) in [6.45, 7) is 6.64. The molecule has 1 saturated heterocycles. The van der Waals surface area contributed by atoms with Crippen LogP contribution in [0.4, 0.5) is 10.5 Å². The summed E-state index contributed by atoms with van der Waals surface area (Å²) < 4.78 is 5.23. The van der Waals surface area contributed by atoms with Crippen molar-refractivity contribution in [3.05, 3.63) is 29.3 Å². The first-order valence-electron chi connectivity index (χ1n) is 5.59. The van der Waals surface area contributed by atoms with E-state index in [1.54, 1.807) is 4.90 Å². The zero-order chi connectivity index (χ0) is 11.7. The van der Waals surface area contributed by atoms with Crippen molar-refractivity contribution in [3.63, 3.8) is 0 Å². The number of carbonyl (C=O) groups is 1. The summed E-state index contributed by atoms with van der Waals surface area (Å²) in [6.07, 6.45) is 0.647. The van der Waals surface area contributed by atoms with E-state index in [1.807, 2.05) is 32.9 Å². The van der Waals surface area contributed by atoms with Crippen LogP contribution in [0.2, 0.25) is 0 Å². The van der Waals surface area contributed by atoms with Crippen LogP contribution in [0, 0.1) is 19.9 Å². The third-order valence-electron chi connectivity index (χ3n) is 2.76. The number of amides is 1. The molecule has 0 spiro atoms. The van der Waals surface area contributed by atoms with Gasteiger partial charge in [0.25, 0.3) is 0 Å². The Hall–Kier alpha value is -0.406. The van der Waals surface area contributed by atoms with Crippen LogP contribution >= 0.6 is 0 Å². The molecule has 2 rings (SSSR count). The maximum absolute atomic E-state index is 11.7. The SMILES string of the molecule is CCC1CN(c2cc(C)[c-]c(C)c2)C(=O)O1.[Y+3]. The topological polar surface area (TPSA) is 29.5 Å². The molecule has 0 saturated carbocycles. The summed E-state index contributed by atoms with van der Waals surface area (Å²) >= 11 is 0. The van der Waals surface area contributed by atoms with Crippen LogP contribution in [-0.4, -0.2) is 18.7 Å². The number of hydrogen-bond donors (Lipinski definition) is 0. The Morgan fingerprint density at radius 1 is 1.41 bits per heavy atom. The van der Waals surface area contributed by atoms with Gasteiger partial charge >= 0.3 is 38.8 Å². The van der Waals surface area contributed by atoms with Crippen molar-refractivity contribution in [2.24, 2.45) is 0 Å². The van der Waals surface area contributed by atoms with Crippen molar-refractivity contribution in [2.75, 3.05) is 11.4 Å². The van der Waals surface area contributed by atoms with Crippen LogP contribution in [0.3, 0.4) is 0 Å². The van der Waals surface area contributed by atoms with Gasteiger partial charge in [0.1, 0.15) is 6.10 Å². The third-order valence-corrected chi connectivity index (χ3v) is 2.76. The maximum atomic E-state index is 11.7. The quantitative estimate of drug-likeness (QED) is 0.786. The Morgan fingerprint density at radius 3 is 2.47 bits per heavy atom. The summed E-state index contributed by atoms with van der Waals surface area (Å²) in [5, 5.41) is 0. The maximum Gasteiger partial charge on any atom is 3.00 e. The van der Waals surface area contributed by atoms with Gasteiger partial charge in [-0.1, -0.05) is 26.5 Å². The summed E-state index contributed by atoms with van der Waals surface area (Å²) in [5.74, 6) is 0. The van der Waals surface area contributed by atoms with Crippen LogP contribution in [0.1, 0.15) is 24.5 Å². The third kappa shape index (κ3) is 3.29.